The van der Waals surface area contributed by atoms with Crippen LogP contribution in [0.4, 0.5) is 0 Å². The number of benzene rings is 1. The zero-order valence-corrected chi connectivity index (χ0v) is 12.3. The van der Waals surface area contributed by atoms with E-state index in [0.717, 1.165) is 23.2 Å². The Labute approximate surface area is 110 Å². The summed E-state index contributed by atoms with van der Waals surface area (Å²) in [5, 5.41) is 0. The van der Waals surface area contributed by atoms with Crippen molar-refractivity contribution in [2.45, 2.75) is 6.42 Å². The lowest BCUT2D eigenvalue weighted by atomic mass is 10.1. The Morgan fingerprint density at radius 2 is 1.60 bits per heavy atom. The van der Waals surface area contributed by atoms with Gasteiger partial charge in [-0.3, -0.25) is 0 Å². The maximum Gasteiger partial charge on any atom is 0.118 e. The molecular weight excluding hydrogens is 301 g/mol. The molecule has 0 aliphatic heterocycles. The summed E-state index contributed by atoms with van der Waals surface area (Å²) in [6.07, 6.45) is 1.12. The SMILES string of the molecule is COc1ccc(CC[N+](C)(C)C)cc1.I. The van der Waals surface area contributed by atoms with Crippen molar-refractivity contribution in [3.63, 3.8) is 0 Å². The van der Waals surface area contributed by atoms with E-state index in [1.807, 2.05) is 12.1 Å². The highest BCUT2D eigenvalue weighted by Gasteiger charge is 2.06. The van der Waals surface area contributed by atoms with Gasteiger partial charge in [-0.1, -0.05) is 12.1 Å². The third-order valence-electron chi connectivity index (χ3n) is 2.23. The fourth-order valence-electron chi connectivity index (χ4n) is 1.26. The first-order valence-corrected chi connectivity index (χ1v) is 4.95. The lowest BCUT2D eigenvalue weighted by molar-refractivity contribution is -0.870. The molecule has 1 rings (SSSR count). The first kappa shape index (κ1) is 14.7. The van der Waals surface area contributed by atoms with Crippen LogP contribution in [0.15, 0.2) is 24.3 Å². The van der Waals surface area contributed by atoms with E-state index in [9.17, 15) is 0 Å². The van der Waals surface area contributed by atoms with E-state index in [-0.39, 0.29) is 24.0 Å². The zero-order valence-electron chi connectivity index (χ0n) is 9.99. The molecule has 86 valence electrons. The van der Waals surface area contributed by atoms with Crippen LogP contribution in [0, 0.1) is 0 Å². The molecule has 0 spiro atoms. The van der Waals surface area contributed by atoms with E-state index >= 15 is 0 Å². The molecule has 0 atom stereocenters. The van der Waals surface area contributed by atoms with E-state index in [4.69, 9.17) is 4.74 Å². The summed E-state index contributed by atoms with van der Waals surface area (Å²) in [6, 6.07) is 8.30. The summed E-state index contributed by atoms with van der Waals surface area (Å²) in [6.45, 7) is 1.16. The van der Waals surface area contributed by atoms with Gasteiger partial charge < -0.3 is 9.22 Å². The van der Waals surface area contributed by atoms with Gasteiger partial charge in [-0.2, -0.15) is 0 Å². The summed E-state index contributed by atoms with van der Waals surface area (Å²) in [7, 11) is 8.33. The van der Waals surface area contributed by atoms with Crippen molar-refractivity contribution < 1.29 is 9.22 Å². The van der Waals surface area contributed by atoms with E-state index in [0.29, 0.717) is 0 Å². The van der Waals surface area contributed by atoms with Gasteiger partial charge in [0, 0.05) is 6.42 Å². The van der Waals surface area contributed by atoms with Crippen LogP contribution in [-0.2, 0) is 6.42 Å². The van der Waals surface area contributed by atoms with Crippen LogP contribution in [0.1, 0.15) is 5.56 Å². The molecule has 0 N–H and O–H groups in total. The summed E-state index contributed by atoms with van der Waals surface area (Å²) < 4.78 is 6.12. The number of halogens is 1. The monoisotopic (exact) mass is 322 g/mol. The highest BCUT2D eigenvalue weighted by atomic mass is 127. The molecule has 0 amide bonds. The molecular formula is C12H21INO+. The van der Waals surface area contributed by atoms with Gasteiger partial charge >= 0.3 is 0 Å². The van der Waals surface area contributed by atoms with Gasteiger partial charge in [0.05, 0.1) is 34.8 Å². The molecule has 2 nitrogen and oxygen atoms in total. The molecule has 0 aliphatic carbocycles. The van der Waals surface area contributed by atoms with Crippen molar-refractivity contribution in [2.75, 3.05) is 34.8 Å². The van der Waals surface area contributed by atoms with Crippen molar-refractivity contribution in [1.29, 1.82) is 0 Å². The second-order valence-corrected chi connectivity index (χ2v) is 4.61. The van der Waals surface area contributed by atoms with E-state index < -0.39 is 0 Å². The number of methoxy groups -OCH3 is 1. The predicted octanol–water partition coefficient (Wildman–Crippen LogP) is 2.56. The molecule has 0 saturated heterocycles. The maximum atomic E-state index is 5.11. The minimum absolute atomic E-state index is 0. The van der Waals surface area contributed by atoms with Gasteiger partial charge in [-0.05, 0) is 17.7 Å². The number of rotatable bonds is 4. The van der Waals surface area contributed by atoms with Gasteiger partial charge in [0.25, 0.3) is 0 Å². The Morgan fingerprint density at radius 3 is 2.00 bits per heavy atom. The first-order chi connectivity index (χ1) is 6.51. The molecule has 0 heterocycles. The Hall–Kier alpha value is -0.290. The van der Waals surface area contributed by atoms with Crippen LogP contribution < -0.4 is 4.74 Å². The Balaban J connectivity index is 0.00000196. The van der Waals surface area contributed by atoms with E-state index in [2.05, 4.69) is 33.3 Å². The highest BCUT2D eigenvalue weighted by molar-refractivity contribution is 14.0. The number of hydrogen-bond acceptors (Lipinski definition) is 1. The average Bonchev–Trinajstić information content (AvgIpc) is 2.14. The number of hydrogen-bond donors (Lipinski definition) is 0. The second-order valence-electron chi connectivity index (χ2n) is 4.61. The van der Waals surface area contributed by atoms with Gasteiger partial charge in [-0.15, -0.1) is 24.0 Å². The quantitative estimate of drug-likeness (QED) is 0.612. The molecule has 0 aromatic heterocycles. The van der Waals surface area contributed by atoms with Crippen LogP contribution >= 0.6 is 24.0 Å². The van der Waals surface area contributed by atoms with Crippen molar-refractivity contribution in [3.05, 3.63) is 29.8 Å². The Bertz CT molecular complexity index is 277. The van der Waals surface area contributed by atoms with Crippen LogP contribution in [0.3, 0.4) is 0 Å². The third kappa shape index (κ3) is 5.99. The molecule has 3 heteroatoms. The number of quaternary nitrogens is 1. The van der Waals surface area contributed by atoms with Crippen LogP contribution in [-0.4, -0.2) is 39.3 Å². The first-order valence-electron chi connectivity index (χ1n) is 4.95. The average molecular weight is 322 g/mol. The van der Waals surface area contributed by atoms with Crippen LogP contribution in [0.25, 0.3) is 0 Å². The van der Waals surface area contributed by atoms with Gasteiger partial charge in [-0.25, -0.2) is 0 Å². The van der Waals surface area contributed by atoms with Gasteiger partial charge in [0.2, 0.25) is 0 Å². The fourth-order valence-corrected chi connectivity index (χ4v) is 1.26. The van der Waals surface area contributed by atoms with Crippen molar-refractivity contribution >= 4 is 24.0 Å². The van der Waals surface area contributed by atoms with Crippen LogP contribution in [0.2, 0.25) is 0 Å². The smallest absolute Gasteiger partial charge is 0.118 e. The molecule has 0 bridgehead atoms. The highest BCUT2D eigenvalue weighted by Crippen LogP contribution is 2.12. The minimum atomic E-state index is 0. The fraction of sp³-hybridized carbons (Fsp3) is 0.500. The van der Waals surface area contributed by atoms with E-state index in [1.54, 1.807) is 7.11 Å². The number of ether oxygens (including phenoxy) is 1. The van der Waals surface area contributed by atoms with Crippen molar-refractivity contribution in [2.24, 2.45) is 0 Å². The molecule has 1 aromatic rings. The van der Waals surface area contributed by atoms with Crippen molar-refractivity contribution in [3.8, 4) is 5.75 Å². The van der Waals surface area contributed by atoms with Gasteiger partial charge in [0.1, 0.15) is 5.75 Å². The summed E-state index contributed by atoms with van der Waals surface area (Å²) in [5.74, 6) is 0.930. The lowest BCUT2D eigenvalue weighted by Gasteiger charge is -2.23. The number of nitrogens with zero attached hydrogens (tertiary/aromatic N) is 1. The summed E-state index contributed by atoms with van der Waals surface area (Å²) >= 11 is 0. The predicted molar refractivity (Wildman–Crippen MR) is 75.0 cm³/mol. The molecule has 1 aromatic carbocycles. The second kappa shape index (κ2) is 6.33. The standard InChI is InChI=1S/C12H20NO.HI/c1-13(2,3)10-9-11-5-7-12(14-4)8-6-11;/h5-8H,9-10H2,1-4H3;1H/q+1;. The Morgan fingerprint density at radius 1 is 1.07 bits per heavy atom. The minimum Gasteiger partial charge on any atom is -0.497 e. The molecule has 0 aliphatic rings. The molecule has 15 heavy (non-hydrogen) atoms. The van der Waals surface area contributed by atoms with Crippen LogP contribution in [0.5, 0.6) is 5.75 Å². The zero-order chi connectivity index (χ0) is 10.6. The molecule has 0 fully saturated rings. The summed E-state index contributed by atoms with van der Waals surface area (Å²) in [4.78, 5) is 0. The van der Waals surface area contributed by atoms with E-state index in [1.165, 1.54) is 5.56 Å². The lowest BCUT2D eigenvalue weighted by Crippen LogP contribution is -2.36. The molecule has 0 saturated carbocycles. The van der Waals surface area contributed by atoms with Gasteiger partial charge in [0.15, 0.2) is 0 Å². The Kier molecular flexibility index (Phi) is 6.20. The normalized spacial score (nSPS) is 10.7. The topological polar surface area (TPSA) is 9.23 Å². The number of likely N-dealkylation sites (N-methyl/N-ethyl adjacent to an activating group) is 1. The largest absolute Gasteiger partial charge is 0.497 e. The molecule has 0 radical (unpaired) electrons. The van der Waals surface area contributed by atoms with Crippen molar-refractivity contribution in [1.82, 2.24) is 0 Å². The molecule has 0 unspecified atom stereocenters. The maximum absolute atomic E-state index is 5.11. The third-order valence-corrected chi connectivity index (χ3v) is 2.23. The summed E-state index contributed by atoms with van der Waals surface area (Å²) in [5.41, 5.74) is 1.37.